The van der Waals surface area contributed by atoms with Crippen molar-refractivity contribution in [2.45, 2.75) is 41.5 Å². The van der Waals surface area contributed by atoms with Crippen LogP contribution >= 0.6 is 15.8 Å². The van der Waals surface area contributed by atoms with Crippen molar-refractivity contribution in [1.29, 1.82) is 0 Å². The highest BCUT2D eigenvalue weighted by Gasteiger charge is 2.43. The SMILES string of the molecule is CC(C)(C)C1=CC2=C3C=C(C(C)(C)C)C=C(P(c4ccccc4)c4ccccc4)N3[C]N2C(P(c2ccccc2)c2ccccc2)=C1. The second-order valence-electron chi connectivity index (χ2n) is 14.3. The molecule has 0 N–H and O–H groups in total. The minimum absolute atomic E-state index is 0.0305. The third kappa shape index (κ3) is 6.23. The molecule has 2 nitrogen and oxygen atoms in total. The Labute approximate surface area is 284 Å². The lowest BCUT2D eigenvalue weighted by Gasteiger charge is -2.37. The van der Waals surface area contributed by atoms with Gasteiger partial charge in [0.2, 0.25) is 6.67 Å². The summed E-state index contributed by atoms with van der Waals surface area (Å²) in [5, 5.41) is 5.35. The van der Waals surface area contributed by atoms with Crippen LogP contribution in [-0.2, 0) is 0 Å². The lowest BCUT2D eigenvalue weighted by atomic mass is 9.83. The summed E-state index contributed by atoms with van der Waals surface area (Å²) in [4.78, 5) is 4.77. The molecule has 47 heavy (non-hydrogen) atoms. The zero-order chi connectivity index (χ0) is 32.8. The highest BCUT2D eigenvalue weighted by Crippen LogP contribution is 2.58. The van der Waals surface area contributed by atoms with Crippen LogP contribution in [0.1, 0.15) is 41.5 Å². The molecule has 0 aliphatic carbocycles. The van der Waals surface area contributed by atoms with Gasteiger partial charge in [0.1, 0.15) is 0 Å². The van der Waals surface area contributed by atoms with E-state index in [1.807, 2.05) is 0 Å². The van der Waals surface area contributed by atoms with Gasteiger partial charge in [-0.1, -0.05) is 163 Å². The van der Waals surface area contributed by atoms with Crippen molar-refractivity contribution in [3.8, 4) is 0 Å². The Morgan fingerprint density at radius 2 is 0.681 bits per heavy atom. The average molecular weight is 649 g/mol. The molecule has 0 spiro atoms. The van der Waals surface area contributed by atoms with Crippen LogP contribution in [0.5, 0.6) is 0 Å². The molecule has 0 saturated heterocycles. The molecule has 7 rings (SSSR count). The Balaban J connectivity index is 1.46. The maximum absolute atomic E-state index is 3.98. The van der Waals surface area contributed by atoms with E-state index < -0.39 is 15.8 Å². The molecular formula is C43H42N2P2. The van der Waals surface area contributed by atoms with Gasteiger partial charge in [0.15, 0.2) is 0 Å². The van der Waals surface area contributed by atoms with Crippen LogP contribution in [-0.4, -0.2) is 9.80 Å². The summed E-state index contributed by atoms with van der Waals surface area (Å²) in [6.45, 7) is 17.9. The zero-order valence-electron chi connectivity index (χ0n) is 28.1. The van der Waals surface area contributed by atoms with Gasteiger partial charge in [-0.25, -0.2) is 0 Å². The summed E-state index contributed by atoms with van der Waals surface area (Å²) in [6.07, 6.45) is 9.75. The van der Waals surface area contributed by atoms with E-state index in [0.717, 1.165) is 0 Å². The van der Waals surface area contributed by atoms with Crippen LogP contribution in [0.15, 0.2) is 179 Å². The number of rotatable bonds is 6. The summed E-state index contributed by atoms with van der Waals surface area (Å²) < 4.78 is 0. The van der Waals surface area contributed by atoms with E-state index in [2.05, 4.69) is 204 Å². The van der Waals surface area contributed by atoms with Gasteiger partial charge in [0.25, 0.3) is 0 Å². The third-order valence-electron chi connectivity index (χ3n) is 8.80. The minimum Gasteiger partial charge on any atom is -0.307 e. The van der Waals surface area contributed by atoms with Crippen LogP contribution in [0.3, 0.4) is 0 Å². The Bertz CT molecular complexity index is 1690. The predicted octanol–water partition coefficient (Wildman–Crippen LogP) is 9.73. The first kappa shape index (κ1) is 31.6. The van der Waals surface area contributed by atoms with Gasteiger partial charge >= 0.3 is 0 Å². The van der Waals surface area contributed by atoms with E-state index in [1.165, 1.54) is 54.6 Å². The van der Waals surface area contributed by atoms with Gasteiger partial charge in [-0.05, 0) is 67.5 Å². The number of allylic oxidation sites excluding steroid dienone is 6. The first-order valence-corrected chi connectivity index (χ1v) is 19.1. The van der Waals surface area contributed by atoms with E-state index in [9.17, 15) is 0 Å². The summed E-state index contributed by atoms with van der Waals surface area (Å²) >= 11 is 0. The fourth-order valence-electron chi connectivity index (χ4n) is 6.18. The fraction of sp³-hybridized carbons (Fsp3) is 0.186. The van der Waals surface area contributed by atoms with Crippen molar-refractivity contribution in [1.82, 2.24) is 9.80 Å². The van der Waals surface area contributed by atoms with Gasteiger partial charge in [-0.2, -0.15) is 0 Å². The standard InChI is InChI=1S/C43H42N2P2/c1-42(2,3)32-27-38-39-28-33(43(4,5)6)30-41(47(36-23-15-9-16-24-36)37-25-17-10-18-26-37)45(39)31-44(38)40(29-32)46(34-19-11-7-12-20-34)35-21-13-8-14-22-35/h7-30H,1-6H3. The van der Waals surface area contributed by atoms with Gasteiger partial charge in [-0.15, -0.1) is 0 Å². The van der Waals surface area contributed by atoms with Crippen molar-refractivity contribution in [3.05, 3.63) is 186 Å². The van der Waals surface area contributed by atoms with Crippen LogP contribution < -0.4 is 21.2 Å². The first-order valence-electron chi connectivity index (χ1n) is 16.4. The smallest absolute Gasteiger partial charge is 0.218 e. The number of nitrogens with zero attached hydrogens (tertiary/aromatic N) is 2. The van der Waals surface area contributed by atoms with Crippen molar-refractivity contribution in [2.75, 3.05) is 0 Å². The fourth-order valence-corrected chi connectivity index (χ4v) is 11.0. The molecule has 0 unspecified atom stereocenters. The largest absolute Gasteiger partial charge is 0.307 e. The Morgan fingerprint density at radius 3 is 0.936 bits per heavy atom. The van der Waals surface area contributed by atoms with Crippen LogP contribution in [0.25, 0.3) is 0 Å². The minimum atomic E-state index is -0.865. The normalized spacial score (nSPS) is 16.5. The molecule has 3 heterocycles. The van der Waals surface area contributed by atoms with Crippen molar-refractivity contribution in [2.24, 2.45) is 10.8 Å². The van der Waals surface area contributed by atoms with Crippen LogP contribution in [0.2, 0.25) is 0 Å². The van der Waals surface area contributed by atoms with Gasteiger partial charge in [-0.3, -0.25) is 0 Å². The van der Waals surface area contributed by atoms with E-state index in [0.29, 0.717) is 0 Å². The summed E-state index contributed by atoms with van der Waals surface area (Å²) in [5.41, 5.74) is 7.60. The highest BCUT2D eigenvalue weighted by atomic mass is 31.1. The van der Waals surface area contributed by atoms with Crippen LogP contribution in [0.4, 0.5) is 0 Å². The van der Waals surface area contributed by atoms with Crippen molar-refractivity contribution >= 4 is 37.1 Å². The van der Waals surface area contributed by atoms with E-state index in [4.69, 9.17) is 0 Å². The predicted molar refractivity (Wildman–Crippen MR) is 203 cm³/mol. The van der Waals surface area contributed by atoms with Crippen molar-refractivity contribution < 1.29 is 0 Å². The summed E-state index contributed by atoms with van der Waals surface area (Å²) in [6, 6.07) is 44.1. The molecule has 0 fully saturated rings. The molecule has 0 aromatic heterocycles. The third-order valence-corrected chi connectivity index (χ3v) is 13.6. The van der Waals surface area contributed by atoms with Gasteiger partial charge < -0.3 is 9.80 Å². The van der Waals surface area contributed by atoms with Gasteiger partial charge in [0, 0.05) is 15.8 Å². The topological polar surface area (TPSA) is 6.48 Å². The Kier molecular flexibility index (Phi) is 8.46. The first-order chi connectivity index (χ1) is 22.6. The molecule has 4 aromatic rings. The molecule has 0 bridgehead atoms. The second-order valence-corrected chi connectivity index (χ2v) is 18.6. The Morgan fingerprint density at radius 1 is 0.404 bits per heavy atom. The number of hydrogen-bond donors (Lipinski definition) is 0. The van der Waals surface area contributed by atoms with E-state index in [-0.39, 0.29) is 10.8 Å². The molecule has 3 aliphatic rings. The van der Waals surface area contributed by atoms with E-state index in [1.54, 1.807) is 0 Å². The molecule has 4 heteroatoms. The highest BCUT2D eigenvalue weighted by molar-refractivity contribution is 7.77. The van der Waals surface area contributed by atoms with E-state index >= 15 is 0 Å². The molecular weight excluding hydrogens is 606 g/mol. The molecule has 4 aromatic carbocycles. The average Bonchev–Trinajstić information content (AvgIpc) is 3.45. The van der Waals surface area contributed by atoms with Crippen LogP contribution in [0, 0.1) is 17.5 Å². The number of benzene rings is 4. The number of fused-ring (bicyclic) bond motifs is 2. The number of hydrogen-bond acceptors (Lipinski definition) is 2. The lowest BCUT2D eigenvalue weighted by Crippen LogP contribution is -2.29. The zero-order valence-corrected chi connectivity index (χ0v) is 29.9. The Hall–Kier alpha value is -3.96. The monoisotopic (exact) mass is 648 g/mol. The van der Waals surface area contributed by atoms with Crippen molar-refractivity contribution in [3.63, 3.8) is 0 Å². The molecule has 0 atom stereocenters. The van der Waals surface area contributed by atoms with Gasteiger partial charge in [0.05, 0.1) is 22.3 Å². The lowest BCUT2D eigenvalue weighted by molar-refractivity contribution is 0.440. The maximum Gasteiger partial charge on any atom is 0.218 e. The molecule has 0 saturated carbocycles. The maximum atomic E-state index is 3.98. The quantitative estimate of drug-likeness (QED) is 0.192. The molecule has 0 amide bonds. The molecule has 3 aliphatic heterocycles. The molecule has 234 valence electrons. The second kappa shape index (κ2) is 12.6. The summed E-state index contributed by atoms with van der Waals surface area (Å²) in [7, 11) is -1.73. The molecule has 2 radical (unpaired) electrons. The summed E-state index contributed by atoms with van der Waals surface area (Å²) in [5.74, 6) is 0.